The Kier molecular flexibility index (Phi) is 11.4. The van der Waals surface area contributed by atoms with Gasteiger partial charge in [-0.2, -0.15) is 0 Å². The topological polar surface area (TPSA) is 243 Å². The number of rotatable bonds is 10. The summed E-state index contributed by atoms with van der Waals surface area (Å²) >= 11 is 0. The molecule has 0 aliphatic carbocycles. The maximum Gasteiger partial charge on any atom is 0.356 e. The molecule has 4 rings (SSSR count). The Hall–Kier alpha value is -7.04. The summed E-state index contributed by atoms with van der Waals surface area (Å²) in [6, 6.07) is 15.3. The molecule has 0 atom stereocenters. The first-order valence-electron chi connectivity index (χ1n) is 14.3. The third-order valence-corrected chi connectivity index (χ3v) is 6.04. The SMILES string of the molecule is CCOC(=O)c1cccc(C(=O)NC(=O)c2cccc(C(=O)NC(=O)c3cccc(C(=O)NC(=O)c4cccc(C(=O)OCC)n4)n3)n2)n1. The van der Waals surface area contributed by atoms with E-state index in [4.69, 9.17) is 9.47 Å². The van der Waals surface area contributed by atoms with E-state index in [1.165, 1.54) is 72.8 Å². The van der Waals surface area contributed by atoms with Gasteiger partial charge in [-0.05, 0) is 62.4 Å². The van der Waals surface area contributed by atoms with Crippen molar-refractivity contribution in [1.82, 2.24) is 35.9 Å². The molecule has 4 heterocycles. The monoisotopic (exact) mass is 667 g/mol. The van der Waals surface area contributed by atoms with E-state index < -0.39 is 47.4 Å². The van der Waals surface area contributed by atoms with Crippen molar-refractivity contribution in [1.29, 1.82) is 0 Å². The smallest absolute Gasteiger partial charge is 0.356 e. The molecule has 0 bridgehead atoms. The minimum Gasteiger partial charge on any atom is -0.461 e. The summed E-state index contributed by atoms with van der Waals surface area (Å²) in [5.74, 6) is -7.54. The number of aromatic nitrogens is 4. The molecule has 0 saturated carbocycles. The number of nitrogens with one attached hydrogen (secondary N) is 3. The van der Waals surface area contributed by atoms with Crippen LogP contribution in [-0.2, 0) is 9.47 Å². The van der Waals surface area contributed by atoms with E-state index in [1.54, 1.807) is 13.8 Å². The lowest BCUT2D eigenvalue weighted by Crippen LogP contribution is -2.35. The third-order valence-electron chi connectivity index (χ3n) is 6.04. The number of hydrogen-bond donors (Lipinski definition) is 3. The second kappa shape index (κ2) is 16.0. The molecule has 0 spiro atoms. The van der Waals surface area contributed by atoms with Crippen molar-refractivity contribution in [2.24, 2.45) is 0 Å². The van der Waals surface area contributed by atoms with Gasteiger partial charge in [0.2, 0.25) is 0 Å². The highest BCUT2D eigenvalue weighted by molar-refractivity contribution is 6.12. The Labute approximate surface area is 276 Å². The van der Waals surface area contributed by atoms with Crippen LogP contribution in [0, 0.1) is 0 Å². The molecule has 4 aromatic heterocycles. The number of pyridine rings is 4. The van der Waals surface area contributed by atoms with Gasteiger partial charge >= 0.3 is 11.9 Å². The molecular weight excluding hydrogens is 642 g/mol. The highest BCUT2D eigenvalue weighted by Crippen LogP contribution is 2.07. The van der Waals surface area contributed by atoms with Crippen molar-refractivity contribution in [3.8, 4) is 0 Å². The molecule has 248 valence electrons. The van der Waals surface area contributed by atoms with Crippen LogP contribution in [0.3, 0.4) is 0 Å². The van der Waals surface area contributed by atoms with Crippen LogP contribution < -0.4 is 16.0 Å². The molecule has 0 aromatic carbocycles. The second-order valence-corrected chi connectivity index (χ2v) is 9.42. The zero-order valence-corrected chi connectivity index (χ0v) is 25.7. The van der Waals surface area contributed by atoms with Gasteiger partial charge in [0.05, 0.1) is 13.2 Å². The number of amides is 6. The molecule has 0 aliphatic rings. The molecule has 6 amide bonds. The van der Waals surface area contributed by atoms with Crippen LogP contribution in [0.1, 0.15) is 97.8 Å². The van der Waals surface area contributed by atoms with E-state index in [0.717, 1.165) is 0 Å². The number of nitrogens with zero attached hydrogens (tertiary/aromatic N) is 4. The molecule has 0 unspecified atom stereocenters. The third kappa shape index (κ3) is 9.03. The molecule has 0 fully saturated rings. The summed E-state index contributed by atoms with van der Waals surface area (Å²) in [6.07, 6.45) is 0. The predicted octanol–water partition coefficient (Wildman–Crippen LogP) is 1.33. The summed E-state index contributed by atoms with van der Waals surface area (Å²) in [5, 5.41) is 6.12. The number of imide groups is 3. The van der Waals surface area contributed by atoms with Gasteiger partial charge in [0.25, 0.3) is 35.4 Å². The van der Waals surface area contributed by atoms with Gasteiger partial charge in [-0.15, -0.1) is 0 Å². The predicted molar refractivity (Wildman–Crippen MR) is 164 cm³/mol. The minimum absolute atomic E-state index is 0.0919. The van der Waals surface area contributed by atoms with Crippen molar-refractivity contribution >= 4 is 47.4 Å². The molecular formula is C32H25N7O10. The molecule has 4 aromatic rings. The van der Waals surface area contributed by atoms with Crippen molar-refractivity contribution < 1.29 is 47.8 Å². The van der Waals surface area contributed by atoms with Crippen molar-refractivity contribution in [3.63, 3.8) is 0 Å². The van der Waals surface area contributed by atoms with E-state index in [9.17, 15) is 38.4 Å². The zero-order chi connectivity index (χ0) is 35.5. The zero-order valence-electron chi connectivity index (χ0n) is 25.7. The summed E-state index contributed by atoms with van der Waals surface area (Å²) in [7, 11) is 0. The van der Waals surface area contributed by atoms with Crippen molar-refractivity contribution in [2.45, 2.75) is 13.8 Å². The van der Waals surface area contributed by atoms with E-state index in [0.29, 0.717) is 0 Å². The fourth-order valence-electron chi connectivity index (χ4n) is 3.83. The van der Waals surface area contributed by atoms with Gasteiger partial charge in [-0.3, -0.25) is 44.7 Å². The first-order valence-corrected chi connectivity index (χ1v) is 14.3. The first kappa shape index (κ1) is 34.8. The second-order valence-electron chi connectivity index (χ2n) is 9.42. The van der Waals surface area contributed by atoms with Crippen LogP contribution in [0.2, 0.25) is 0 Å². The van der Waals surface area contributed by atoms with E-state index >= 15 is 0 Å². The van der Waals surface area contributed by atoms with Gasteiger partial charge < -0.3 is 9.47 Å². The fraction of sp³-hybridized carbons (Fsp3) is 0.125. The average Bonchev–Trinajstić information content (AvgIpc) is 3.11. The summed E-state index contributed by atoms with van der Waals surface area (Å²) < 4.78 is 9.69. The van der Waals surface area contributed by atoms with E-state index in [-0.39, 0.29) is 58.8 Å². The average molecular weight is 668 g/mol. The van der Waals surface area contributed by atoms with Crippen LogP contribution in [0.25, 0.3) is 0 Å². The maximum absolute atomic E-state index is 12.8. The number of hydrogen-bond acceptors (Lipinski definition) is 14. The summed E-state index contributed by atoms with van der Waals surface area (Å²) in [5.41, 5.74) is -2.30. The van der Waals surface area contributed by atoms with Crippen molar-refractivity contribution in [3.05, 3.63) is 118 Å². The van der Waals surface area contributed by atoms with Crippen LogP contribution in [-0.4, -0.2) is 80.5 Å². The molecule has 0 radical (unpaired) electrons. The molecule has 49 heavy (non-hydrogen) atoms. The molecule has 17 heteroatoms. The standard InChI is InChI=1S/C32H25N7O10/c1-3-48-31(46)23-15-7-13-21(35-23)29(44)38-27(42)19-11-5-9-17(33-19)25(40)37-26(41)18-10-6-12-20(34-18)28(43)39-30(45)22-14-8-16-24(36-22)32(47)49-4-2/h5-16H,3-4H2,1-2H3,(H,37,40,41)(H,38,42,44)(H,39,43,45). The fourth-order valence-corrected chi connectivity index (χ4v) is 3.83. The van der Waals surface area contributed by atoms with Crippen LogP contribution in [0.15, 0.2) is 72.8 Å². The largest absolute Gasteiger partial charge is 0.461 e. The Morgan fingerprint density at radius 2 is 0.612 bits per heavy atom. The van der Waals surface area contributed by atoms with E-state index in [1.807, 2.05) is 16.0 Å². The van der Waals surface area contributed by atoms with Crippen LogP contribution in [0.4, 0.5) is 0 Å². The molecule has 0 aliphatic heterocycles. The van der Waals surface area contributed by atoms with E-state index in [2.05, 4.69) is 19.9 Å². The van der Waals surface area contributed by atoms with Gasteiger partial charge in [-0.25, -0.2) is 29.5 Å². The Bertz CT molecular complexity index is 1860. The Morgan fingerprint density at radius 1 is 0.408 bits per heavy atom. The quantitative estimate of drug-likeness (QED) is 0.160. The molecule has 3 N–H and O–H groups in total. The lowest BCUT2D eigenvalue weighted by atomic mass is 10.2. The van der Waals surface area contributed by atoms with Crippen LogP contribution in [0.5, 0.6) is 0 Å². The first-order chi connectivity index (χ1) is 23.5. The number of ether oxygens (including phenoxy) is 2. The van der Waals surface area contributed by atoms with Gasteiger partial charge in [0.1, 0.15) is 45.6 Å². The van der Waals surface area contributed by atoms with Gasteiger partial charge in [0.15, 0.2) is 0 Å². The summed E-state index contributed by atoms with van der Waals surface area (Å²) in [4.78, 5) is 116. The maximum atomic E-state index is 12.8. The highest BCUT2D eigenvalue weighted by Gasteiger charge is 2.22. The molecule has 0 saturated heterocycles. The highest BCUT2D eigenvalue weighted by atomic mass is 16.5. The lowest BCUT2D eigenvalue weighted by Gasteiger charge is -2.08. The van der Waals surface area contributed by atoms with Gasteiger partial charge in [-0.1, -0.05) is 24.3 Å². The number of carbonyl (C=O) groups is 8. The Morgan fingerprint density at radius 3 is 0.837 bits per heavy atom. The normalized spacial score (nSPS) is 10.2. The molecule has 17 nitrogen and oxygen atoms in total. The van der Waals surface area contributed by atoms with Crippen molar-refractivity contribution in [2.75, 3.05) is 13.2 Å². The lowest BCUT2D eigenvalue weighted by molar-refractivity contribution is 0.0509. The Balaban J connectivity index is 1.39. The number of esters is 2. The summed E-state index contributed by atoms with van der Waals surface area (Å²) in [6.45, 7) is 3.38. The van der Waals surface area contributed by atoms with Gasteiger partial charge in [0, 0.05) is 0 Å². The number of carbonyl (C=O) groups excluding carboxylic acids is 8. The minimum atomic E-state index is -1.05. The van der Waals surface area contributed by atoms with Crippen LogP contribution >= 0.6 is 0 Å².